The van der Waals surface area contributed by atoms with Crippen LogP contribution >= 0.6 is 11.3 Å². The minimum Gasteiger partial charge on any atom is -0.309 e. The van der Waals surface area contributed by atoms with Crippen molar-refractivity contribution in [3.05, 3.63) is 21.4 Å². The Labute approximate surface area is 128 Å². The Kier molecular flexibility index (Phi) is 5.65. The van der Waals surface area contributed by atoms with Crippen LogP contribution in [0.25, 0.3) is 0 Å². The van der Waals surface area contributed by atoms with Crippen molar-refractivity contribution < 1.29 is 0 Å². The fraction of sp³-hybridized carbons (Fsp3) is 0.765. The van der Waals surface area contributed by atoms with Gasteiger partial charge in [0.05, 0.1) is 0 Å². The van der Waals surface area contributed by atoms with Crippen molar-refractivity contribution >= 4 is 11.3 Å². The van der Waals surface area contributed by atoms with Gasteiger partial charge in [0.15, 0.2) is 0 Å². The van der Waals surface area contributed by atoms with Gasteiger partial charge in [0.1, 0.15) is 0 Å². The molecule has 0 aliphatic heterocycles. The van der Waals surface area contributed by atoms with Crippen LogP contribution in [-0.4, -0.2) is 24.0 Å². The molecule has 2 rings (SSSR count). The summed E-state index contributed by atoms with van der Waals surface area (Å²) in [6, 6.07) is 3.87. The Balaban J connectivity index is 1.87. The van der Waals surface area contributed by atoms with Crippen molar-refractivity contribution in [2.75, 3.05) is 7.05 Å². The highest BCUT2D eigenvalue weighted by atomic mass is 32.1. The maximum atomic E-state index is 3.61. The predicted molar refractivity (Wildman–Crippen MR) is 89.3 cm³/mol. The zero-order valence-corrected chi connectivity index (χ0v) is 14.5. The van der Waals surface area contributed by atoms with Gasteiger partial charge in [-0.3, -0.25) is 4.90 Å². The fourth-order valence-corrected chi connectivity index (χ4v) is 3.66. The summed E-state index contributed by atoms with van der Waals surface area (Å²) in [5.41, 5.74) is 1.51. The first-order valence-corrected chi connectivity index (χ1v) is 8.79. The normalized spacial score (nSPS) is 17.1. The largest absolute Gasteiger partial charge is 0.309 e. The number of thiophene rings is 1. The lowest BCUT2D eigenvalue weighted by Gasteiger charge is -2.26. The van der Waals surface area contributed by atoms with Crippen molar-refractivity contribution in [1.82, 2.24) is 10.2 Å². The second-order valence-corrected chi connectivity index (χ2v) is 8.18. The molecule has 1 fully saturated rings. The zero-order valence-electron chi connectivity index (χ0n) is 13.7. The molecule has 1 unspecified atom stereocenters. The SMILES string of the molecule is Cc1sc(CNC2CC2)cc1CN(C)C(C)CC(C)C. The standard InChI is InChI=1S/C17H30N2S/c1-12(2)8-13(3)19(5)11-15-9-17(20-14(15)4)10-18-16-6-7-16/h9,12-13,16,18H,6-8,10-11H2,1-5H3. The lowest BCUT2D eigenvalue weighted by molar-refractivity contribution is 0.220. The molecule has 1 atom stereocenters. The van der Waals surface area contributed by atoms with Crippen LogP contribution in [-0.2, 0) is 13.1 Å². The summed E-state index contributed by atoms with van der Waals surface area (Å²) in [6.07, 6.45) is 4.01. The molecule has 1 saturated carbocycles. The Bertz CT molecular complexity index is 421. The molecule has 2 nitrogen and oxygen atoms in total. The third kappa shape index (κ3) is 4.87. The van der Waals surface area contributed by atoms with E-state index >= 15 is 0 Å². The van der Waals surface area contributed by atoms with E-state index in [1.165, 1.54) is 34.6 Å². The molecule has 1 N–H and O–H groups in total. The van der Waals surface area contributed by atoms with Gasteiger partial charge in [-0.05, 0) is 57.7 Å². The minimum atomic E-state index is 0.655. The smallest absolute Gasteiger partial charge is 0.0302 e. The number of hydrogen-bond donors (Lipinski definition) is 1. The van der Waals surface area contributed by atoms with Crippen molar-refractivity contribution in [3.63, 3.8) is 0 Å². The molecule has 0 saturated heterocycles. The van der Waals surface area contributed by atoms with Crippen LogP contribution in [0.5, 0.6) is 0 Å². The topological polar surface area (TPSA) is 15.3 Å². The highest BCUT2D eigenvalue weighted by molar-refractivity contribution is 7.12. The van der Waals surface area contributed by atoms with Crippen molar-refractivity contribution in [3.8, 4) is 0 Å². The van der Waals surface area contributed by atoms with Gasteiger partial charge in [-0.15, -0.1) is 11.3 Å². The molecule has 114 valence electrons. The van der Waals surface area contributed by atoms with Crippen LogP contribution in [0.2, 0.25) is 0 Å². The number of aryl methyl sites for hydroxylation is 1. The Hall–Kier alpha value is -0.380. The minimum absolute atomic E-state index is 0.655. The van der Waals surface area contributed by atoms with E-state index in [1.807, 2.05) is 11.3 Å². The third-order valence-electron chi connectivity index (χ3n) is 4.20. The first kappa shape index (κ1) is 16.0. The monoisotopic (exact) mass is 294 g/mol. The van der Waals surface area contributed by atoms with E-state index in [0.29, 0.717) is 6.04 Å². The van der Waals surface area contributed by atoms with Crippen LogP contribution in [0.3, 0.4) is 0 Å². The van der Waals surface area contributed by atoms with Gasteiger partial charge >= 0.3 is 0 Å². The average molecular weight is 295 g/mol. The molecular weight excluding hydrogens is 264 g/mol. The second kappa shape index (κ2) is 7.06. The number of hydrogen-bond acceptors (Lipinski definition) is 3. The molecular formula is C17H30N2S. The molecule has 0 radical (unpaired) electrons. The average Bonchev–Trinajstić information content (AvgIpc) is 3.12. The van der Waals surface area contributed by atoms with Crippen LogP contribution in [0, 0.1) is 12.8 Å². The maximum absolute atomic E-state index is 3.61. The van der Waals surface area contributed by atoms with Gasteiger partial charge in [-0.2, -0.15) is 0 Å². The van der Waals surface area contributed by atoms with E-state index in [1.54, 1.807) is 0 Å². The Morgan fingerprint density at radius 3 is 2.65 bits per heavy atom. The molecule has 0 spiro atoms. The summed E-state index contributed by atoms with van der Waals surface area (Å²) in [7, 11) is 2.26. The molecule has 1 aromatic heterocycles. The lowest BCUT2D eigenvalue weighted by Crippen LogP contribution is -2.29. The predicted octanol–water partition coefficient (Wildman–Crippen LogP) is 4.17. The first-order valence-electron chi connectivity index (χ1n) is 7.97. The number of rotatable bonds is 8. The molecule has 1 aliphatic rings. The molecule has 20 heavy (non-hydrogen) atoms. The summed E-state index contributed by atoms with van der Waals surface area (Å²) in [5, 5.41) is 3.61. The summed E-state index contributed by atoms with van der Waals surface area (Å²) in [5.74, 6) is 0.773. The van der Waals surface area contributed by atoms with E-state index in [2.05, 4.69) is 51.0 Å². The Morgan fingerprint density at radius 2 is 2.05 bits per heavy atom. The second-order valence-electron chi connectivity index (χ2n) is 6.84. The summed E-state index contributed by atoms with van der Waals surface area (Å²) >= 11 is 1.96. The molecule has 1 aromatic rings. The van der Waals surface area contributed by atoms with Gasteiger partial charge in [-0.25, -0.2) is 0 Å². The van der Waals surface area contributed by atoms with Gasteiger partial charge in [0.2, 0.25) is 0 Å². The lowest BCUT2D eigenvalue weighted by atomic mass is 10.0. The molecule has 0 bridgehead atoms. The Morgan fingerprint density at radius 1 is 1.35 bits per heavy atom. The van der Waals surface area contributed by atoms with E-state index < -0.39 is 0 Å². The molecule has 3 heteroatoms. The summed E-state index contributed by atoms with van der Waals surface area (Å²) in [4.78, 5) is 5.48. The van der Waals surface area contributed by atoms with Crippen LogP contribution < -0.4 is 5.32 Å². The molecule has 0 aromatic carbocycles. The van der Waals surface area contributed by atoms with E-state index in [0.717, 1.165) is 25.0 Å². The molecule has 1 heterocycles. The van der Waals surface area contributed by atoms with Gasteiger partial charge < -0.3 is 5.32 Å². The van der Waals surface area contributed by atoms with E-state index in [9.17, 15) is 0 Å². The maximum Gasteiger partial charge on any atom is 0.0302 e. The zero-order chi connectivity index (χ0) is 14.7. The number of nitrogens with zero attached hydrogens (tertiary/aromatic N) is 1. The quantitative estimate of drug-likeness (QED) is 0.774. The van der Waals surface area contributed by atoms with Crippen molar-refractivity contribution in [1.29, 1.82) is 0 Å². The first-order chi connectivity index (χ1) is 9.45. The summed E-state index contributed by atoms with van der Waals surface area (Å²) in [6.45, 7) is 11.4. The molecule has 1 aliphatic carbocycles. The number of nitrogens with one attached hydrogen (secondary N) is 1. The third-order valence-corrected chi connectivity index (χ3v) is 5.29. The van der Waals surface area contributed by atoms with Crippen molar-refractivity contribution in [2.45, 2.75) is 72.1 Å². The van der Waals surface area contributed by atoms with E-state index in [-0.39, 0.29) is 0 Å². The van der Waals surface area contributed by atoms with Crippen molar-refractivity contribution in [2.24, 2.45) is 5.92 Å². The highest BCUT2D eigenvalue weighted by Crippen LogP contribution is 2.25. The van der Waals surface area contributed by atoms with Crippen LogP contribution in [0.4, 0.5) is 0 Å². The van der Waals surface area contributed by atoms with Gasteiger partial charge in [-0.1, -0.05) is 13.8 Å². The van der Waals surface area contributed by atoms with Gasteiger partial charge in [0.25, 0.3) is 0 Å². The highest BCUT2D eigenvalue weighted by Gasteiger charge is 2.20. The van der Waals surface area contributed by atoms with E-state index in [4.69, 9.17) is 0 Å². The molecule has 0 amide bonds. The van der Waals surface area contributed by atoms with Crippen LogP contribution in [0.15, 0.2) is 6.07 Å². The fourth-order valence-electron chi connectivity index (χ4n) is 2.65. The summed E-state index contributed by atoms with van der Waals surface area (Å²) < 4.78 is 0. The van der Waals surface area contributed by atoms with Gasteiger partial charge in [0, 0.05) is 34.9 Å². The van der Waals surface area contributed by atoms with Crippen LogP contribution in [0.1, 0.15) is 55.4 Å².